The molecule has 0 unspecified atom stereocenters. The van der Waals surface area contributed by atoms with E-state index < -0.39 is 0 Å². The molecule has 0 atom stereocenters. The van der Waals surface area contributed by atoms with Gasteiger partial charge in [-0.1, -0.05) is 249 Å². The molecular weight excluding hydrogens is 516 g/mol. The topological polar surface area (TPSA) is 0 Å². The molecule has 0 heteroatoms. The van der Waals surface area contributed by atoms with Crippen LogP contribution in [0, 0.1) is 29.6 Å². The molecule has 0 radical (unpaired) electrons. The van der Waals surface area contributed by atoms with Crippen LogP contribution in [0.3, 0.4) is 0 Å². The van der Waals surface area contributed by atoms with Crippen LogP contribution in [0.1, 0.15) is 249 Å². The van der Waals surface area contributed by atoms with Crippen LogP contribution in [0.25, 0.3) is 0 Å². The van der Waals surface area contributed by atoms with E-state index in [-0.39, 0.29) is 7.43 Å². The molecule has 0 heterocycles. The molecule has 0 spiro atoms. The zero-order valence-corrected chi connectivity index (χ0v) is 31.1. The maximum atomic E-state index is 2.45. The van der Waals surface area contributed by atoms with Gasteiger partial charge in [-0.2, -0.15) is 0 Å². The molecule has 43 heavy (non-hydrogen) atoms. The monoisotopic (exact) mass is 607 g/mol. The molecule has 5 fully saturated rings. The van der Waals surface area contributed by atoms with Gasteiger partial charge in [-0.25, -0.2) is 0 Å². The highest BCUT2D eigenvalue weighted by atomic mass is 14.3. The Labute approximate surface area is 277 Å². The Kier molecular flexibility index (Phi) is 36.6. The summed E-state index contributed by atoms with van der Waals surface area (Å²) in [5.74, 6) is 5.24. The lowest BCUT2D eigenvalue weighted by molar-refractivity contribution is 0.210. The molecule has 0 saturated heterocycles. The molecule has 5 aliphatic rings. The third kappa shape index (κ3) is 30.4. The van der Waals surface area contributed by atoms with Gasteiger partial charge >= 0.3 is 0 Å². The standard InChI is InChI=1S/C17H32.2C9H18.C3H6.2C2H6.CH4/c1-15-9-7-13-17(14-8-10-15)16-11-5-3-2-4-6-12-16;2*1-9-7-5-3-2-4-6-8-9;1-2-3-1;2*1-2;/h15-17H,2-14H2,1H3;2*9H,2-8H2,1H3;1-3H2;2*1-2H3;1H4. The summed E-state index contributed by atoms with van der Waals surface area (Å²) >= 11 is 0. The van der Waals surface area contributed by atoms with Gasteiger partial charge in [0.2, 0.25) is 0 Å². The Morgan fingerprint density at radius 2 is 0.395 bits per heavy atom. The van der Waals surface area contributed by atoms with Crippen LogP contribution in [-0.4, -0.2) is 0 Å². The maximum absolute atomic E-state index is 2.45. The van der Waals surface area contributed by atoms with Gasteiger partial charge in [0.25, 0.3) is 0 Å². The van der Waals surface area contributed by atoms with Crippen molar-refractivity contribution in [2.24, 2.45) is 29.6 Å². The van der Waals surface area contributed by atoms with Gasteiger partial charge in [0.05, 0.1) is 0 Å². The molecular formula is C43H90. The quantitative estimate of drug-likeness (QED) is 0.278. The first-order chi connectivity index (χ1) is 20.6. The summed E-state index contributed by atoms with van der Waals surface area (Å²) in [5.41, 5.74) is 0. The number of hydrogen-bond acceptors (Lipinski definition) is 0. The second-order valence-electron chi connectivity index (χ2n) is 14.8. The van der Waals surface area contributed by atoms with Gasteiger partial charge in [0.1, 0.15) is 0 Å². The predicted octanol–water partition coefficient (Wildman–Crippen LogP) is 16.5. The van der Waals surface area contributed by atoms with Crippen molar-refractivity contribution < 1.29 is 0 Å². The third-order valence-corrected chi connectivity index (χ3v) is 10.5. The van der Waals surface area contributed by atoms with Crippen molar-refractivity contribution in [1.29, 1.82) is 0 Å². The Morgan fingerprint density at radius 3 is 0.651 bits per heavy atom. The first-order valence-electron chi connectivity index (χ1n) is 20.6. The lowest BCUT2D eigenvalue weighted by Crippen LogP contribution is -2.18. The zero-order chi connectivity index (χ0) is 31.1. The minimum Gasteiger partial charge on any atom is -0.0776 e. The summed E-state index contributed by atoms with van der Waals surface area (Å²) in [6.45, 7) is 15.2. The van der Waals surface area contributed by atoms with Crippen LogP contribution in [0.4, 0.5) is 0 Å². The zero-order valence-electron chi connectivity index (χ0n) is 31.1. The second kappa shape index (κ2) is 34.9. The number of hydrogen-bond donors (Lipinski definition) is 0. The number of rotatable bonds is 1. The molecule has 0 aromatic rings. The van der Waals surface area contributed by atoms with Crippen molar-refractivity contribution in [1.82, 2.24) is 0 Å². The summed E-state index contributed by atoms with van der Waals surface area (Å²) in [6.07, 6.45) is 45.2. The fraction of sp³-hybridized carbons (Fsp3) is 1.00. The van der Waals surface area contributed by atoms with Gasteiger partial charge in [-0.05, 0) is 29.6 Å². The average Bonchev–Trinajstić information content (AvgIpc) is 3.84. The van der Waals surface area contributed by atoms with Crippen LogP contribution in [0.5, 0.6) is 0 Å². The van der Waals surface area contributed by atoms with Gasteiger partial charge in [-0.3, -0.25) is 0 Å². The molecule has 0 aliphatic heterocycles. The van der Waals surface area contributed by atoms with Crippen molar-refractivity contribution in [3.8, 4) is 0 Å². The van der Waals surface area contributed by atoms with Crippen molar-refractivity contribution >= 4 is 0 Å². The van der Waals surface area contributed by atoms with E-state index in [1.807, 2.05) is 27.7 Å². The van der Waals surface area contributed by atoms with Crippen molar-refractivity contribution in [3.05, 3.63) is 0 Å². The Bertz CT molecular complexity index is 436. The SMILES string of the molecule is C.C1CC1.CC.CC.CC1CCCC(C2CCCCCCC2)CCC1.CC1CCCCCCC1.CC1CCCCCCC1. The first-order valence-corrected chi connectivity index (χ1v) is 20.6. The predicted molar refractivity (Wildman–Crippen MR) is 202 cm³/mol. The highest BCUT2D eigenvalue weighted by molar-refractivity contribution is 4.75. The second-order valence-corrected chi connectivity index (χ2v) is 14.8. The van der Waals surface area contributed by atoms with Gasteiger partial charge in [-0.15, -0.1) is 0 Å². The summed E-state index contributed by atoms with van der Waals surface area (Å²) in [7, 11) is 0. The molecule has 0 nitrogen and oxygen atoms in total. The van der Waals surface area contributed by atoms with Gasteiger partial charge < -0.3 is 0 Å². The summed E-state index contributed by atoms with van der Waals surface area (Å²) in [6, 6.07) is 0. The van der Waals surface area contributed by atoms with Crippen LogP contribution < -0.4 is 0 Å². The van der Waals surface area contributed by atoms with E-state index in [2.05, 4.69) is 20.8 Å². The van der Waals surface area contributed by atoms with Crippen LogP contribution >= 0.6 is 0 Å². The lowest BCUT2D eigenvalue weighted by atomic mass is 9.75. The van der Waals surface area contributed by atoms with E-state index in [4.69, 9.17) is 0 Å². The molecule has 0 aromatic carbocycles. The van der Waals surface area contributed by atoms with E-state index in [9.17, 15) is 0 Å². The van der Waals surface area contributed by atoms with Crippen LogP contribution in [-0.2, 0) is 0 Å². The molecule has 0 aromatic heterocycles. The van der Waals surface area contributed by atoms with Crippen LogP contribution in [0.15, 0.2) is 0 Å². The van der Waals surface area contributed by atoms with Gasteiger partial charge in [0, 0.05) is 0 Å². The molecule has 0 bridgehead atoms. The Morgan fingerprint density at radius 1 is 0.233 bits per heavy atom. The minimum atomic E-state index is 0. The van der Waals surface area contributed by atoms with Crippen LogP contribution in [0.2, 0.25) is 0 Å². The van der Waals surface area contributed by atoms with Crippen molar-refractivity contribution in [2.45, 2.75) is 249 Å². The fourth-order valence-electron chi connectivity index (χ4n) is 7.50. The third-order valence-electron chi connectivity index (χ3n) is 10.5. The van der Waals surface area contributed by atoms with E-state index in [0.29, 0.717) is 0 Å². The Balaban J connectivity index is 0. The smallest absolute Gasteiger partial charge is 0.0386 e. The highest BCUT2D eigenvalue weighted by Crippen LogP contribution is 2.36. The fourth-order valence-corrected chi connectivity index (χ4v) is 7.50. The summed E-state index contributed by atoms with van der Waals surface area (Å²) < 4.78 is 0. The van der Waals surface area contributed by atoms with E-state index in [1.54, 1.807) is 25.7 Å². The first kappa shape index (κ1) is 45.1. The average molecular weight is 607 g/mol. The molecule has 262 valence electrons. The largest absolute Gasteiger partial charge is 0.0776 e. The van der Waals surface area contributed by atoms with E-state index in [1.165, 1.54) is 167 Å². The van der Waals surface area contributed by atoms with Gasteiger partial charge in [0.15, 0.2) is 0 Å². The molecule has 5 aliphatic carbocycles. The molecule has 5 saturated carbocycles. The van der Waals surface area contributed by atoms with E-state index in [0.717, 1.165) is 29.6 Å². The minimum absolute atomic E-state index is 0. The van der Waals surface area contributed by atoms with Crippen molar-refractivity contribution in [2.75, 3.05) is 0 Å². The summed E-state index contributed by atoms with van der Waals surface area (Å²) in [5, 5.41) is 0. The molecule has 5 rings (SSSR count). The maximum Gasteiger partial charge on any atom is -0.0386 e. The molecule has 0 amide bonds. The van der Waals surface area contributed by atoms with Crippen molar-refractivity contribution in [3.63, 3.8) is 0 Å². The highest BCUT2D eigenvalue weighted by Gasteiger charge is 2.23. The molecule has 0 N–H and O–H groups in total. The summed E-state index contributed by atoms with van der Waals surface area (Å²) in [4.78, 5) is 0. The lowest BCUT2D eigenvalue weighted by Gasteiger charge is -2.31. The normalized spacial score (nSPS) is 26.0. The Hall–Kier alpha value is 0. The van der Waals surface area contributed by atoms with E-state index >= 15 is 0 Å².